The Balaban J connectivity index is 1.40. The molecule has 2 heterocycles. The van der Waals surface area contributed by atoms with Crippen molar-refractivity contribution in [3.63, 3.8) is 0 Å². The van der Waals surface area contributed by atoms with Crippen LogP contribution in [0.2, 0.25) is 0 Å². The Morgan fingerprint density at radius 1 is 1.07 bits per heavy atom. The van der Waals surface area contributed by atoms with Crippen LogP contribution in [0.25, 0.3) is 0 Å². The smallest absolute Gasteiger partial charge is 0.351 e. The largest absolute Gasteiger partial charge is 0.416 e. The summed E-state index contributed by atoms with van der Waals surface area (Å²) in [7, 11) is -3.52. The van der Waals surface area contributed by atoms with Gasteiger partial charge in [0.2, 0.25) is 15.9 Å². The van der Waals surface area contributed by atoms with Crippen molar-refractivity contribution in [2.45, 2.75) is 44.3 Å². The quantitative estimate of drug-likeness (QED) is 0.358. The third-order valence-electron chi connectivity index (χ3n) is 7.96. The first kappa shape index (κ1) is 31.7. The van der Waals surface area contributed by atoms with Crippen LogP contribution in [0.5, 0.6) is 0 Å². The average molecular weight is 607 g/mol. The van der Waals surface area contributed by atoms with Crippen molar-refractivity contribution in [1.29, 1.82) is 0 Å². The van der Waals surface area contributed by atoms with Gasteiger partial charge in [0.1, 0.15) is 0 Å². The summed E-state index contributed by atoms with van der Waals surface area (Å²) in [5.74, 6) is -0.561. The zero-order valence-electron chi connectivity index (χ0n) is 23.3. The molecule has 0 aliphatic carbocycles. The molecule has 228 valence electrons. The van der Waals surface area contributed by atoms with Crippen LogP contribution in [-0.2, 0) is 27.5 Å². The van der Waals surface area contributed by atoms with Crippen molar-refractivity contribution in [2.75, 3.05) is 32.7 Å². The molecule has 4 rings (SSSR count). The fourth-order valence-electron chi connectivity index (χ4n) is 5.49. The highest BCUT2D eigenvalue weighted by molar-refractivity contribution is 7.92. The molecule has 3 N–H and O–H groups in total. The van der Waals surface area contributed by atoms with Gasteiger partial charge in [-0.25, -0.2) is 13.1 Å². The number of piperidine rings is 1. The molecule has 2 fully saturated rings. The molecule has 2 saturated heterocycles. The Morgan fingerprint density at radius 2 is 1.79 bits per heavy atom. The van der Waals surface area contributed by atoms with Crippen LogP contribution in [-0.4, -0.2) is 57.9 Å². The molecule has 2 unspecified atom stereocenters. The number of alkyl halides is 3. The fraction of sp³-hybridized carbons (Fsp3) is 0.467. The normalized spacial score (nSPS) is 20.2. The van der Waals surface area contributed by atoms with E-state index in [1.54, 1.807) is 29.2 Å². The lowest BCUT2D eigenvalue weighted by Crippen LogP contribution is -2.35. The number of likely N-dealkylation sites (tertiary alicyclic amines) is 1. The van der Waals surface area contributed by atoms with Gasteiger partial charge in [-0.05, 0) is 86.0 Å². The lowest BCUT2D eigenvalue weighted by molar-refractivity contribution is -0.137. The molecule has 8 nitrogen and oxygen atoms in total. The third kappa shape index (κ3) is 8.65. The second-order valence-electron chi connectivity index (χ2n) is 11.0. The highest BCUT2D eigenvalue weighted by Crippen LogP contribution is 2.30. The summed E-state index contributed by atoms with van der Waals surface area (Å²) in [5.41, 5.74) is 1.07. The minimum Gasteiger partial charge on any atom is -0.351 e. The molecule has 2 aromatic rings. The second-order valence-corrected chi connectivity index (χ2v) is 12.7. The van der Waals surface area contributed by atoms with Crippen molar-refractivity contribution >= 4 is 21.8 Å². The average Bonchev–Trinajstić information content (AvgIpc) is 3.47. The maximum atomic E-state index is 13.4. The van der Waals surface area contributed by atoms with E-state index in [1.165, 1.54) is 12.1 Å². The van der Waals surface area contributed by atoms with E-state index in [-0.39, 0.29) is 30.8 Å². The van der Waals surface area contributed by atoms with Gasteiger partial charge in [-0.3, -0.25) is 9.59 Å². The third-order valence-corrected chi connectivity index (χ3v) is 8.97. The van der Waals surface area contributed by atoms with Crippen LogP contribution in [0.4, 0.5) is 13.2 Å². The predicted molar refractivity (Wildman–Crippen MR) is 154 cm³/mol. The van der Waals surface area contributed by atoms with Gasteiger partial charge < -0.3 is 15.5 Å². The maximum Gasteiger partial charge on any atom is 0.416 e. The summed E-state index contributed by atoms with van der Waals surface area (Å²) in [6.45, 7) is 6.31. The van der Waals surface area contributed by atoms with Gasteiger partial charge in [-0.2, -0.15) is 13.2 Å². The van der Waals surface area contributed by atoms with E-state index >= 15 is 0 Å². The van der Waals surface area contributed by atoms with Crippen LogP contribution in [0.3, 0.4) is 0 Å². The number of carbonyl (C=O) groups is 2. The molecule has 2 aromatic carbocycles. The number of halogens is 3. The van der Waals surface area contributed by atoms with Gasteiger partial charge in [-0.1, -0.05) is 30.8 Å². The molecular formula is C30H37F3N4O4S. The minimum absolute atomic E-state index is 0.00444. The summed E-state index contributed by atoms with van der Waals surface area (Å²) in [4.78, 5) is 28.2. The van der Waals surface area contributed by atoms with Gasteiger partial charge in [-0.15, -0.1) is 0 Å². The summed E-state index contributed by atoms with van der Waals surface area (Å²) >= 11 is 0. The lowest BCUT2D eigenvalue weighted by Gasteiger charge is -2.27. The Hall–Kier alpha value is -3.22. The number of sulfonamides is 1. The summed E-state index contributed by atoms with van der Waals surface area (Å²) in [5, 5.41) is 7.12. The van der Waals surface area contributed by atoms with Crippen LogP contribution in [0.1, 0.15) is 58.6 Å². The number of hydrogen-bond acceptors (Lipinski definition) is 5. The predicted octanol–water partition coefficient (Wildman–Crippen LogP) is 4.02. The Labute approximate surface area is 244 Å². The number of hydrogen-bond donors (Lipinski definition) is 3. The number of nitrogens with zero attached hydrogens (tertiary/aromatic N) is 1. The van der Waals surface area contributed by atoms with Crippen LogP contribution < -0.4 is 15.4 Å². The summed E-state index contributed by atoms with van der Waals surface area (Å²) < 4.78 is 64.4. The highest BCUT2D eigenvalue weighted by Gasteiger charge is 2.31. The van der Waals surface area contributed by atoms with Gasteiger partial charge in [0.25, 0.3) is 5.91 Å². The van der Waals surface area contributed by atoms with Gasteiger partial charge >= 0.3 is 6.18 Å². The van der Waals surface area contributed by atoms with E-state index in [2.05, 4.69) is 21.9 Å². The first-order chi connectivity index (χ1) is 19.9. The summed E-state index contributed by atoms with van der Waals surface area (Å²) in [6.07, 6.45) is -1.13. The van der Waals surface area contributed by atoms with Gasteiger partial charge in [0.15, 0.2) is 0 Å². The van der Waals surface area contributed by atoms with Crippen molar-refractivity contribution < 1.29 is 31.2 Å². The Morgan fingerprint density at radius 3 is 2.40 bits per heavy atom. The van der Waals surface area contributed by atoms with Gasteiger partial charge in [0.05, 0.1) is 11.5 Å². The molecular weight excluding hydrogens is 569 g/mol. The molecule has 42 heavy (non-hydrogen) atoms. The molecule has 0 saturated carbocycles. The number of amides is 2. The van der Waals surface area contributed by atoms with Gasteiger partial charge in [0, 0.05) is 37.2 Å². The Kier molecular flexibility index (Phi) is 10.4. The number of rotatable bonds is 11. The van der Waals surface area contributed by atoms with Crippen molar-refractivity contribution in [2.24, 2.45) is 11.8 Å². The highest BCUT2D eigenvalue weighted by atomic mass is 32.2. The molecule has 0 spiro atoms. The summed E-state index contributed by atoms with van der Waals surface area (Å²) in [6, 6.07) is 11.7. The van der Waals surface area contributed by atoms with E-state index in [4.69, 9.17) is 0 Å². The fourth-order valence-corrected chi connectivity index (χ4v) is 6.08. The molecule has 2 aliphatic rings. The van der Waals surface area contributed by atoms with E-state index in [0.29, 0.717) is 43.0 Å². The van der Waals surface area contributed by atoms with E-state index in [0.717, 1.165) is 49.0 Å². The lowest BCUT2D eigenvalue weighted by atomic mass is 9.84. The molecule has 0 radical (unpaired) electrons. The SMILES string of the molecule is C=CS(=O)(=O)NC[C@@H]1CCN(C(=O)c2ccc(C(CC3CCCNC3)C(=O)NCc3ccc(C(F)(F)F)cc3)cc2)C1. The first-order valence-electron chi connectivity index (χ1n) is 14.1. The van der Waals surface area contributed by atoms with Crippen molar-refractivity contribution in [1.82, 2.24) is 20.3 Å². The number of nitrogens with one attached hydrogen (secondary N) is 3. The molecule has 12 heteroatoms. The topological polar surface area (TPSA) is 108 Å². The Bertz CT molecular complexity index is 1340. The molecule has 0 bridgehead atoms. The minimum atomic E-state index is -4.42. The van der Waals surface area contributed by atoms with Crippen LogP contribution in [0.15, 0.2) is 60.5 Å². The van der Waals surface area contributed by atoms with E-state index < -0.39 is 27.7 Å². The zero-order chi connectivity index (χ0) is 30.3. The van der Waals surface area contributed by atoms with E-state index in [1.807, 2.05) is 0 Å². The monoisotopic (exact) mass is 606 g/mol. The standard InChI is InChI=1S/C30H37F3N4O4S/c1-2-42(40,41)36-19-23-13-15-37(20-23)29(39)25-9-7-24(8-10-25)27(16-22-4-3-14-34-17-22)28(38)35-18-21-5-11-26(12-6-21)30(31,32)33/h2,5-12,22-23,27,34,36H,1,3-4,13-20H2,(H,35,38)/t22?,23-,27?/m0/s1. The maximum absolute atomic E-state index is 13.4. The van der Waals surface area contributed by atoms with Crippen molar-refractivity contribution in [3.05, 3.63) is 82.8 Å². The molecule has 0 aromatic heterocycles. The van der Waals surface area contributed by atoms with Crippen molar-refractivity contribution in [3.8, 4) is 0 Å². The van der Waals surface area contributed by atoms with E-state index in [9.17, 15) is 31.2 Å². The second kappa shape index (κ2) is 13.8. The number of benzene rings is 2. The molecule has 3 atom stereocenters. The molecule has 2 aliphatic heterocycles. The van der Waals surface area contributed by atoms with Crippen LogP contribution >= 0.6 is 0 Å². The zero-order valence-corrected chi connectivity index (χ0v) is 24.1. The first-order valence-corrected chi connectivity index (χ1v) is 15.7. The number of carbonyl (C=O) groups excluding carboxylic acids is 2. The van der Waals surface area contributed by atoms with Crippen LogP contribution in [0, 0.1) is 11.8 Å². The molecule has 2 amide bonds.